The molecule has 5 heteroatoms. The molecule has 3 aliphatic rings. The van der Waals surface area contributed by atoms with Crippen LogP contribution in [0.3, 0.4) is 0 Å². The van der Waals surface area contributed by atoms with Crippen LogP contribution in [0.2, 0.25) is 0 Å². The number of unbranched alkanes of at least 4 members (excludes halogenated alkanes) is 1. The molecule has 3 atom stereocenters. The lowest BCUT2D eigenvalue weighted by Crippen LogP contribution is -2.69. The Morgan fingerprint density at radius 3 is 2.83 bits per heavy atom. The van der Waals surface area contributed by atoms with Crippen LogP contribution in [0.4, 0.5) is 0 Å². The SMILES string of the molecule is C=CCCCN(C)C(=NC)NC1C2CCOC2C12CCCC2.I. The number of fused-ring (bicyclic) bond motifs is 2. The first-order valence-electron chi connectivity index (χ1n) is 8.90. The molecule has 1 aliphatic heterocycles. The summed E-state index contributed by atoms with van der Waals surface area (Å²) in [5.41, 5.74) is 0.388. The average molecular weight is 433 g/mol. The fourth-order valence-corrected chi connectivity index (χ4v) is 4.97. The Hall–Kier alpha value is -0.300. The summed E-state index contributed by atoms with van der Waals surface area (Å²) in [6.45, 7) is 5.77. The maximum atomic E-state index is 6.07. The Labute approximate surface area is 158 Å². The molecule has 1 spiro atoms. The van der Waals surface area contributed by atoms with E-state index in [4.69, 9.17) is 4.74 Å². The molecule has 0 bridgehead atoms. The third-order valence-corrected chi connectivity index (χ3v) is 6.05. The van der Waals surface area contributed by atoms with Gasteiger partial charge in [-0.1, -0.05) is 18.9 Å². The van der Waals surface area contributed by atoms with Crippen LogP contribution in [0.15, 0.2) is 17.6 Å². The molecular weight excluding hydrogens is 401 g/mol. The molecule has 1 saturated heterocycles. The molecular formula is C18H32IN3O. The van der Waals surface area contributed by atoms with E-state index >= 15 is 0 Å². The molecule has 0 radical (unpaired) electrons. The molecule has 1 heterocycles. The second kappa shape index (κ2) is 8.19. The molecule has 23 heavy (non-hydrogen) atoms. The highest BCUT2D eigenvalue weighted by atomic mass is 127. The zero-order valence-electron chi connectivity index (χ0n) is 14.6. The molecule has 132 valence electrons. The van der Waals surface area contributed by atoms with Crippen molar-refractivity contribution in [3.05, 3.63) is 12.7 Å². The standard InChI is InChI=1S/C18H31N3O.HI/c1-4-5-8-12-21(3)17(19-2)20-15-14-9-13-22-16(14)18(15)10-6-7-11-18;/h4,14-16H,1,5-13H2,2-3H3,(H,19,20);1H. The number of allylic oxidation sites excluding steroid dienone is 1. The summed E-state index contributed by atoms with van der Waals surface area (Å²) in [6.07, 6.45) is 11.3. The zero-order valence-corrected chi connectivity index (χ0v) is 16.9. The summed E-state index contributed by atoms with van der Waals surface area (Å²) in [7, 11) is 4.04. The largest absolute Gasteiger partial charge is 0.377 e. The smallest absolute Gasteiger partial charge is 0.193 e. The van der Waals surface area contributed by atoms with Crippen LogP contribution in [-0.4, -0.2) is 50.3 Å². The van der Waals surface area contributed by atoms with Gasteiger partial charge in [-0.25, -0.2) is 0 Å². The van der Waals surface area contributed by atoms with Gasteiger partial charge in [0, 0.05) is 44.6 Å². The van der Waals surface area contributed by atoms with Gasteiger partial charge in [-0.2, -0.15) is 0 Å². The quantitative estimate of drug-likeness (QED) is 0.237. The normalized spacial score (nSPS) is 31.2. The highest BCUT2D eigenvalue weighted by Crippen LogP contribution is 2.60. The molecule has 3 rings (SSSR count). The molecule has 0 amide bonds. The van der Waals surface area contributed by atoms with E-state index in [0.29, 0.717) is 23.5 Å². The van der Waals surface area contributed by atoms with Crippen LogP contribution in [0.25, 0.3) is 0 Å². The van der Waals surface area contributed by atoms with Gasteiger partial charge in [0.05, 0.1) is 6.10 Å². The van der Waals surface area contributed by atoms with Gasteiger partial charge in [0.15, 0.2) is 5.96 Å². The van der Waals surface area contributed by atoms with Crippen LogP contribution in [0, 0.1) is 11.3 Å². The second-order valence-corrected chi connectivity index (χ2v) is 7.21. The number of aliphatic imine (C=N–C) groups is 1. The van der Waals surface area contributed by atoms with E-state index in [1.807, 2.05) is 13.1 Å². The molecule has 2 aliphatic carbocycles. The van der Waals surface area contributed by atoms with Gasteiger partial charge in [0.2, 0.25) is 0 Å². The van der Waals surface area contributed by atoms with Crippen molar-refractivity contribution in [3.8, 4) is 0 Å². The number of guanidine groups is 1. The predicted molar refractivity (Wildman–Crippen MR) is 107 cm³/mol. The fraction of sp³-hybridized carbons (Fsp3) is 0.833. The number of nitrogens with zero attached hydrogens (tertiary/aromatic N) is 2. The minimum absolute atomic E-state index is 0. The Balaban J connectivity index is 0.00000192. The first kappa shape index (κ1) is 19.0. The number of rotatable bonds is 5. The van der Waals surface area contributed by atoms with E-state index in [9.17, 15) is 0 Å². The molecule has 1 N–H and O–H groups in total. The Bertz CT molecular complexity index is 434. The second-order valence-electron chi connectivity index (χ2n) is 7.21. The van der Waals surface area contributed by atoms with Crippen molar-refractivity contribution < 1.29 is 4.74 Å². The number of hydrogen-bond acceptors (Lipinski definition) is 2. The third kappa shape index (κ3) is 3.41. The highest BCUT2D eigenvalue weighted by Gasteiger charge is 2.65. The number of nitrogens with one attached hydrogen (secondary N) is 1. The van der Waals surface area contributed by atoms with Gasteiger partial charge in [0.25, 0.3) is 0 Å². The van der Waals surface area contributed by atoms with E-state index in [2.05, 4.69) is 28.8 Å². The summed E-state index contributed by atoms with van der Waals surface area (Å²) in [5.74, 6) is 1.74. The van der Waals surface area contributed by atoms with Crippen molar-refractivity contribution in [2.75, 3.05) is 27.2 Å². The molecule has 0 aromatic rings. The maximum absolute atomic E-state index is 6.07. The first-order chi connectivity index (χ1) is 10.7. The van der Waals surface area contributed by atoms with Crippen LogP contribution in [0.5, 0.6) is 0 Å². The van der Waals surface area contributed by atoms with Gasteiger partial charge < -0.3 is 15.0 Å². The molecule has 3 unspecified atom stereocenters. The third-order valence-electron chi connectivity index (χ3n) is 6.05. The topological polar surface area (TPSA) is 36.9 Å². The highest BCUT2D eigenvalue weighted by molar-refractivity contribution is 14.0. The lowest BCUT2D eigenvalue weighted by Gasteiger charge is -2.57. The van der Waals surface area contributed by atoms with E-state index in [1.165, 1.54) is 32.1 Å². The van der Waals surface area contributed by atoms with E-state index in [1.54, 1.807) is 0 Å². The van der Waals surface area contributed by atoms with Gasteiger partial charge in [-0.3, -0.25) is 4.99 Å². The van der Waals surface area contributed by atoms with Crippen molar-refractivity contribution in [2.45, 2.75) is 57.1 Å². The fourth-order valence-electron chi connectivity index (χ4n) is 4.97. The van der Waals surface area contributed by atoms with Gasteiger partial charge in [0.1, 0.15) is 0 Å². The summed E-state index contributed by atoms with van der Waals surface area (Å²) >= 11 is 0. The Morgan fingerprint density at radius 1 is 1.43 bits per heavy atom. The van der Waals surface area contributed by atoms with Crippen molar-refractivity contribution in [1.29, 1.82) is 0 Å². The van der Waals surface area contributed by atoms with Crippen molar-refractivity contribution in [1.82, 2.24) is 10.2 Å². The minimum atomic E-state index is 0. The minimum Gasteiger partial charge on any atom is -0.377 e. The lowest BCUT2D eigenvalue weighted by molar-refractivity contribution is -0.125. The van der Waals surface area contributed by atoms with Gasteiger partial charge >= 0.3 is 0 Å². The van der Waals surface area contributed by atoms with Gasteiger partial charge in [-0.15, -0.1) is 30.6 Å². The average Bonchev–Trinajstić information content (AvgIpc) is 3.16. The van der Waals surface area contributed by atoms with Crippen LogP contribution in [-0.2, 0) is 4.74 Å². The first-order valence-corrected chi connectivity index (χ1v) is 8.90. The van der Waals surface area contributed by atoms with Gasteiger partial charge in [-0.05, 0) is 32.1 Å². The van der Waals surface area contributed by atoms with Crippen LogP contribution < -0.4 is 5.32 Å². The van der Waals surface area contributed by atoms with E-state index < -0.39 is 0 Å². The molecule has 3 fully saturated rings. The molecule has 4 nitrogen and oxygen atoms in total. The summed E-state index contributed by atoms with van der Waals surface area (Å²) < 4.78 is 6.07. The van der Waals surface area contributed by atoms with E-state index in [0.717, 1.165) is 32.0 Å². The molecule has 2 saturated carbocycles. The van der Waals surface area contributed by atoms with Crippen LogP contribution in [0.1, 0.15) is 44.9 Å². The maximum Gasteiger partial charge on any atom is 0.193 e. The van der Waals surface area contributed by atoms with Crippen molar-refractivity contribution in [2.24, 2.45) is 16.3 Å². The lowest BCUT2D eigenvalue weighted by atomic mass is 9.54. The summed E-state index contributed by atoms with van der Waals surface area (Å²) in [5, 5.41) is 3.80. The predicted octanol–water partition coefficient (Wildman–Crippen LogP) is 3.43. The summed E-state index contributed by atoms with van der Waals surface area (Å²) in [4.78, 5) is 6.78. The number of ether oxygens (including phenoxy) is 1. The Kier molecular flexibility index (Phi) is 6.77. The molecule has 0 aromatic carbocycles. The number of halogens is 1. The number of hydrogen-bond donors (Lipinski definition) is 1. The monoisotopic (exact) mass is 433 g/mol. The molecule has 0 aromatic heterocycles. The summed E-state index contributed by atoms with van der Waals surface area (Å²) in [6, 6.07) is 0.558. The zero-order chi connectivity index (χ0) is 15.6. The van der Waals surface area contributed by atoms with Crippen molar-refractivity contribution in [3.63, 3.8) is 0 Å². The van der Waals surface area contributed by atoms with E-state index in [-0.39, 0.29) is 24.0 Å². The van der Waals surface area contributed by atoms with Crippen molar-refractivity contribution >= 4 is 29.9 Å². The van der Waals surface area contributed by atoms with Crippen LogP contribution >= 0.6 is 24.0 Å². The Morgan fingerprint density at radius 2 is 2.17 bits per heavy atom.